The van der Waals surface area contributed by atoms with Crippen molar-refractivity contribution in [1.29, 1.82) is 0 Å². The molecule has 204 valence electrons. The number of hydrogen-bond donors (Lipinski definition) is 1. The van der Waals surface area contributed by atoms with E-state index in [1.807, 2.05) is 11.0 Å². The molecular formula is C28H27Cl2FN4O4. The highest BCUT2D eigenvalue weighted by Crippen LogP contribution is 2.41. The highest BCUT2D eigenvalue weighted by Gasteiger charge is 2.41. The SMILES string of the molecule is C=CC(=O)N1[C@@H]2CCC[C@H]1CC(Oc1cc3c(Nc4ccc(Cl)c(Cl)c4F)ncnc3cc1OC1COC1)C2. The van der Waals surface area contributed by atoms with Crippen molar-refractivity contribution in [3.05, 3.63) is 59.1 Å². The van der Waals surface area contributed by atoms with E-state index in [9.17, 15) is 9.18 Å². The molecule has 3 fully saturated rings. The molecular weight excluding hydrogens is 546 g/mol. The minimum atomic E-state index is -0.676. The van der Waals surface area contributed by atoms with Crippen molar-refractivity contribution < 1.29 is 23.4 Å². The minimum absolute atomic E-state index is 0.0229. The molecule has 3 saturated heterocycles. The van der Waals surface area contributed by atoms with Crippen molar-refractivity contribution in [1.82, 2.24) is 14.9 Å². The molecule has 6 rings (SSSR count). The number of benzene rings is 2. The van der Waals surface area contributed by atoms with Crippen LogP contribution in [0, 0.1) is 5.82 Å². The fourth-order valence-corrected chi connectivity index (χ4v) is 5.94. The summed E-state index contributed by atoms with van der Waals surface area (Å²) in [4.78, 5) is 23.3. The number of carbonyl (C=O) groups excluding carboxylic acids is 1. The van der Waals surface area contributed by atoms with Gasteiger partial charge in [0.1, 0.15) is 24.4 Å². The topological polar surface area (TPSA) is 85.8 Å². The van der Waals surface area contributed by atoms with E-state index in [1.54, 1.807) is 6.07 Å². The van der Waals surface area contributed by atoms with Gasteiger partial charge in [-0.3, -0.25) is 4.79 Å². The standard InChI is InChI=1S/C28H27Cl2FN4O4/c1-2-25(36)35-15-4-3-5-16(35)9-17(8-15)38-23-10-19-22(11-24(23)39-18-12-37-13-18)32-14-33-28(19)34-21-7-6-20(29)26(30)27(21)31/h2,6-7,10-11,14-18H,1,3-5,8-9,12-13H2,(H,32,33,34)/t15-,16+,17?. The first-order chi connectivity index (χ1) is 18.9. The van der Waals surface area contributed by atoms with Crippen molar-refractivity contribution in [2.75, 3.05) is 18.5 Å². The summed E-state index contributed by atoms with van der Waals surface area (Å²) in [6, 6.07) is 6.85. The molecule has 0 spiro atoms. The molecule has 3 aliphatic heterocycles. The van der Waals surface area contributed by atoms with E-state index < -0.39 is 5.82 Å². The number of aromatic nitrogens is 2. The molecule has 1 N–H and O–H groups in total. The van der Waals surface area contributed by atoms with Crippen molar-refractivity contribution in [3.63, 3.8) is 0 Å². The van der Waals surface area contributed by atoms with Gasteiger partial charge in [-0.05, 0) is 43.5 Å². The summed E-state index contributed by atoms with van der Waals surface area (Å²) in [5.74, 6) is 0.767. The number of hydrogen-bond acceptors (Lipinski definition) is 7. The van der Waals surface area contributed by atoms with E-state index in [1.165, 1.54) is 24.5 Å². The summed E-state index contributed by atoms with van der Waals surface area (Å²) in [5.41, 5.74) is 0.727. The van der Waals surface area contributed by atoms with Gasteiger partial charge in [-0.1, -0.05) is 29.8 Å². The van der Waals surface area contributed by atoms with Crippen LogP contribution in [0.1, 0.15) is 32.1 Å². The molecule has 2 aromatic carbocycles. The van der Waals surface area contributed by atoms with E-state index >= 15 is 0 Å². The molecule has 39 heavy (non-hydrogen) atoms. The zero-order chi connectivity index (χ0) is 27.1. The van der Waals surface area contributed by atoms with Crippen LogP contribution in [0.25, 0.3) is 10.9 Å². The number of fused-ring (bicyclic) bond motifs is 3. The number of amides is 1. The Morgan fingerprint density at radius 3 is 2.51 bits per heavy atom. The lowest BCUT2D eigenvalue weighted by atomic mass is 9.82. The predicted octanol–water partition coefficient (Wildman–Crippen LogP) is 6.07. The quantitative estimate of drug-likeness (QED) is 0.271. The monoisotopic (exact) mass is 572 g/mol. The van der Waals surface area contributed by atoms with Crippen LogP contribution in [0.4, 0.5) is 15.9 Å². The molecule has 3 aromatic rings. The molecule has 8 nitrogen and oxygen atoms in total. The molecule has 1 aromatic heterocycles. The van der Waals surface area contributed by atoms with Gasteiger partial charge in [0.15, 0.2) is 17.3 Å². The summed E-state index contributed by atoms with van der Waals surface area (Å²) in [6.07, 6.45) is 6.99. The van der Waals surface area contributed by atoms with Crippen LogP contribution in [-0.4, -0.2) is 58.3 Å². The molecule has 1 amide bonds. The third-order valence-corrected chi connectivity index (χ3v) is 8.33. The van der Waals surface area contributed by atoms with Crippen LogP contribution in [0.3, 0.4) is 0 Å². The number of rotatable bonds is 7. The summed E-state index contributed by atoms with van der Waals surface area (Å²) in [6.45, 7) is 4.67. The van der Waals surface area contributed by atoms with Gasteiger partial charge in [0.05, 0.1) is 34.5 Å². The van der Waals surface area contributed by atoms with Crippen molar-refractivity contribution in [2.24, 2.45) is 0 Å². The molecule has 3 atom stereocenters. The van der Waals surface area contributed by atoms with Crippen LogP contribution in [0.2, 0.25) is 10.0 Å². The maximum absolute atomic E-state index is 14.8. The number of ether oxygens (including phenoxy) is 3. The van der Waals surface area contributed by atoms with Crippen LogP contribution < -0.4 is 14.8 Å². The number of carbonyl (C=O) groups is 1. The smallest absolute Gasteiger partial charge is 0.246 e. The summed E-state index contributed by atoms with van der Waals surface area (Å²) in [7, 11) is 0. The zero-order valence-corrected chi connectivity index (χ0v) is 22.6. The molecule has 11 heteroatoms. The number of piperidine rings is 2. The van der Waals surface area contributed by atoms with E-state index in [2.05, 4.69) is 21.9 Å². The van der Waals surface area contributed by atoms with Gasteiger partial charge in [0.2, 0.25) is 5.91 Å². The average Bonchev–Trinajstić information content (AvgIpc) is 2.90. The van der Waals surface area contributed by atoms with E-state index in [0.717, 1.165) is 19.3 Å². The summed E-state index contributed by atoms with van der Waals surface area (Å²) in [5, 5.41) is 3.58. The van der Waals surface area contributed by atoms with E-state index in [0.29, 0.717) is 54.3 Å². The highest BCUT2D eigenvalue weighted by atomic mass is 35.5. The van der Waals surface area contributed by atoms with E-state index in [4.69, 9.17) is 37.4 Å². The Labute approximate surface area is 235 Å². The first-order valence-corrected chi connectivity index (χ1v) is 13.7. The lowest BCUT2D eigenvalue weighted by Crippen LogP contribution is -2.56. The molecule has 3 aliphatic rings. The molecule has 0 radical (unpaired) electrons. The zero-order valence-electron chi connectivity index (χ0n) is 21.0. The maximum Gasteiger partial charge on any atom is 0.246 e. The fourth-order valence-electron chi connectivity index (χ4n) is 5.63. The Bertz CT molecular complexity index is 1420. The van der Waals surface area contributed by atoms with Crippen molar-refractivity contribution >= 4 is 51.5 Å². The first-order valence-electron chi connectivity index (χ1n) is 13.0. The molecule has 4 heterocycles. The molecule has 0 saturated carbocycles. The lowest BCUT2D eigenvalue weighted by Gasteiger charge is -2.48. The van der Waals surface area contributed by atoms with Gasteiger partial charge in [-0.2, -0.15) is 0 Å². The number of halogens is 3. The fraction of sp³-hybridized carbons (Fsp3) is 0.393. The summed E-state index contributed by atoms with van der Waals surface area (Å²) < 4.78 is 32.9. The lowest BCUT2D eigenvalue weighted by molar-refractivity contribution is -0.137. The van der Waals surface area contributed by atoms with Crippen molar-refractivity contribution in [3.8, 4) is 11.5 Å². The Morgan fingerprint density at radius 1 is 1.10 bits per heavy atom. The Hall–Kier alpha value is -3.14. The predicted molar refractivity (Wildman–Crippen MR) is 147 cm³/mol. The van der Waals surface area contributed by atoms with Gasteiger partial charge < -0.3 is 24.4 Å². The van der Waals surface area contributed by atoms with Crippen LogP contribution in [0.5, 0.6) is 11.5 Å². The summed E-state index contributed by atoms with van der Waals surface area (Å²) >= 11 is 12.0. The van der Waals surface area contributed by atoms with Gasteiger partial charge in [0, 0.05) is 36.4 Å². The number of nitrogens with one attached hydrogen (secondary N) is 1. The second kappa shape index (κ2) is 10.8. The van der Waals surface area contributed by atoms with Crippen molar-refractivity contribution in [2.45, 2.75) is 56.4 Å². The maximum atomic E-state index is 14.8. The van der Waals surface area contributed by atoms with E-state index in [-0.39, 0.29) is 45.9 Å². The Balaban J connectivity index is 1.33. The first kappa shape index (κ1) is 26.1. The molecule has 2 bridgehead atoms. The van der Waals surface area contributed by atoms with Crippen LogP contribution in [-0.2, 0) is 9.53 Å². The van der Waals surface area contributed by atoms with Gasteiger partial charge in [-0.15, -0.1) is 0 Å². The second-order valence-corrected chi connectivity index (χ2v) is 10.8. The third-order valence-electron chi connectivity index (χ3n) is 7.54. The van der Waals surface area contributed by atoms with Gasteiger partial charge >= 0.3 is 0 Å². The van der Waals surface area contributed by atoms with Gasteiger partial charge in [-0.25, -0.2) is 14.4 Å². The van der Waals surface area contributed by atoms with Crippen LogP contribution in [0.15, 0.2) is 43.2 Å². The Kier molecular flexibility index (Phi) is 7.22. The van der Waals surface area contributed by atoms with Gasteiger partial charge in [0.25, 0.3) is 0 Å². The Morgan fingerprint density at radius 2 is 1.82 bits per heavy atom. The second-order valence-electron chi connectivity index (χ2n) is 10.1. The minimum Gasteiger partial charge on any atom is -0.486 e. The average molecular weight is 573 g/mol. The largest absolute Gasteiger partial charge is 0.486 e. The number of anilines is 2. The molecule has 1 unspecified atom stereocenters. The highest BCUT2D eigenvalue weighted by molar-refractivity contribution is 6.42. The molecule has 0 aliphatic carbocycles. The third kappa shape index (κ3) is 5.11. The van der Waals surface area contributed by atoms with Crippen LogP contribution >= 0.6 is 23.2 Å². The number of nitrogens with zero attached hydrogens (tertiary/aromatic N) is 3. The normalized spacial score (nSPS) is 22.7.